The van der Waals surface area contributed by atoms with Crippen molar-refractivity contribution >= 4 is 17.4 Å². The van der Waals surface area contributed by atoms with Crippen LogP contribution < -0.4 is 10.1 Å². The van der Waals surface area contributed by atoms with E-state index in [9.17, 15) is 28.1 Å². The molecule has 3 aromatic rings. The van der Waals surface area contributed by atoms with Crippen molar-refractivity contribution in [3.63, 3.8) is 0 Å². The van der Waals surface area contributed by atoms with Gasteiger partial charge in [-0.2, -0.15) is 13.5 Å². The molecule has 0 spiro atoms. The number of nitrogens with zero attached hydrogens (tertiary/aromatic N) is 4. The molecule has 2 heterocycles. The van der Waals surface area contributed by atoms with Gasteiger partial charge in [-0.15, -0.1) is 0 Å². The third-order valence-electron chi connectivity index (χ3n) is 3.74. The van der Waals surface area contributed by atoms with Gasteiger partial charge in [-0.05, 0) is 24.0 Å². The number of anilines is 1. The first-order valence-electron chi connectivity index (χ1n) is 7.93. The molecule has 1 amide bonds. The first kappa shape index (κ1) is 19.9. The molecule has 13 heteroatoms. The summed E-state index contributed by atoms with van der Waals surface area (Å²) in [5.41, 5.74) is -0.148. The van der Waals surface area contributed by atoms with Crippen LogP contribution in [0.5, 0.6) is 5.75 Å². The maximum atomic E-state index is 13.3. The van der Waals surface area contributed by atoms with Crippen LogP contribution in [0.15, 0.2) is 35.0 Å². The quantitative estimate of drug-likeness (QED) is 0.468. The molecule has 2 aromatic heterocycles. The molecular weight excluding hydrogens is 399 g/mol. The standard InChI is InChI=1S/C16H12F3N5O5/c1-8-10(7-23-5-4-13(21-23)24(26)27)14(22-29-8)15(25)20-11-3-2-9(17)6-12(11)28-16(18)19/h2-6,16H,7H2,1H3,(H,20,25). The molecule has 0 fully saturated rings. The third-order valence-corrected chi connectivity index (χ3v) is 3.74. The largest absolute Gasteiger partial charge is 0.432 e. The minimum Gasteiger partial charge on any atom is -0.432 e. The molecule has 0 aliphatic carbocycles. The lowest BCUT2D eigenvalue weighted by molar-refractivity contribution is -0.389. The average molecular weight is 411 g/mol. The van der Waals surface area contributed by atoms with Crippen LogP contribution in [-0.4, -0.2) is 32.4 Å². The Hall–Kier alpha value is -3.90. The van der Waals surface area contributed by atoms with Crippen LogP contribution in [0.25, 0.3) is 0 Å². The third kappa shape index (κ3) is 4.51. The summed E-state index contributed by atoms with van der Waals surface area (Å²) in [6.07, 6.45) is 1.33. The summed E-state index contributed by atoms with van der Waals surface area (Å²) < 4.78 is 48.8. The lowest BCUT2D eigenvalue weighted by Gasteiger charge is -2.11. The number of aromatic nitrogens is 3. The summed E-state index contributed by atoms with van der Waals surface area (Å²) in [6, 6.07) is 3.87. The van der Waals surface area contributed by atoms with E-state index in [-0.39, 0.29) is 35.1 Å². The number of nitrogens with one attached hydrogen (secondary N) is 1. The van der Waals surface area contributed by atoms with E-state index >= 15 is 0 Å². The van der Waals surface area contributed by atoms with Gasteiger partial charge in [0.15, 0.2) is 11.4 Å². The number of carbonyl (C=O) groups excluding carboxylic acids is 1. The van der Waals surface area contributed by atoms with Gasteiger partial charge < -0.3 is 24.7 Å². The van der Waals surface area contributed by atoms with E-state index in [0.717, 1.165) is 12.1 Å². The lowest BCUT2D eigenvalue weighted by atomic mass is 10.1. The molecule has 10 nitrogen and oxygen atoms in total. The van der Waals surface area contributed by atoms with Crippen LogP contribution >= 0.6 is 0 Å². The summed E-state index contributed by atoms with van der Waals surface area (Å²) in [7, 11) is 0. The Morgan fingerprint density at radius 2 is 2.17 bits per heavy atom. The molecule has 0 saturated heterocycles. The van der Waals surface area contributed by atoms with Gasteiger partial charge in [-0.1, -0.05) is 5.16 Å². The summed E-state index contributed by atoms with van der Waals surface area (Å²) in [6.45, 7) is -1.79. The first-order valence-corrected chi connectivity index (χ1v) is 7.93. The van der Waals surface area contributed by atoms with Crippen LogP contribution in [0, 0.1) is 22.9 Å². The predicted molar refractivity (Wildman–Crippen MR) is 90.2 cm³/mol. The lowest BCUT2D eigenvalue weighted by Crippen LogP contribution is -2.17. The van der Waals surface area contributed by atoms with E-state index in [1.165, 1.54) is 23.9 Å². The molecular formula is C16H12F3N5O5. The zero-order valence-electron chi connectivity index (χ0n) is 14.6. The number of hydrogen-bond acceptors (Lipinski definition) is 7. The van der Waals surface area contributed by atoms with E-state index in [2.05, 4.69) is 20.3 Å². The van der Waals surface area contributed by atoms with E-state index in [1.54, 1.807) is 0 Å². The van der Waals surface area contributed by atoms with Crippen LogP contribution in [0.1, 0.15) is 21.8 Å². The molecule has 3 rings (SSSR count). The summed E-state index contributed by atoms with van der Waals surface area (Å²) in [5, 5.41) is 20.4. The van der Waals surface area contributed by atoms with Crippen molar-refractivity contribution in [3.05, 3.63) is 63.4 Å². The topological polar surface area (TPSA) is 125 Å². The maximum Gasteiger partial charge on any atom is 0.389 e. The monoisotopic (exact) mass is 411 g/mol. The van der Waals surface area contributed by atoms with Crippen molar-refractivity contribution in [2.24, 2.45) is 0 Å². The number of benzene rings is 1. The highest BCUT2D eigenvalue weighted by Gasteiger charge is 2.23. The SMILES string of the molecule is Cc1onc(C(=O)Nc2ccc(F)cc2OC(F)F)c1Cn1ccc([N+](=O)[O-])n1. The number of nitro groups is 1. The minimum absolute atomic E-state index is 0.0737. The van der Waals surface area contributed by atoms with Crippen LogP contribution in [0.3, 0.4) is 0 Å². The van der Waals surface area contributed by atoms with E-state index in [4.69, 9.17) is 4.52 Å². The molecule has 0 bridgehead atoms. The Morgan fingerprint density at radius 1 is 1.41 bits per heavy atom. The molecule has 152 valence electrons. The van der Waals surface area contributed by atoms with Crippen molar-refractivity contribution < 1.29 is 32.1 Å². The number of alkyl halides is 2. The summed E-state index contributed by atoms with van der Waals surface area (Å²) in [5.74, 6) is -2.39. The average Bonchev–Trinajstić information content (AvgIpc) is 3.25. The van der Waals surface area contributed by atoms with Crippen LogP contribution in [-0.2, 0) is 6.54 Å². The molecule has 1 aromatic carbocycles. The zero-order valence-corrected chi connectivity index (χ0v) is 14.6. The Labute approximate surface area is 160 Å². The Balaban J connectivity index is 1.85. The van der Waals surface area contributed by atoms with Gasteiger partial charge in [0.1, 0.15) is 11.6 Å². The van der Waals surface area contributed by atoms with Gasteiger partial charge in [-0.25, -0.2) is 4.39 Å². The van der Waals surface area contributed by atoms with Gasteiger partial charge in [0.25, 0.3) is 5.91 Å². The number of amides is 1. The van der Waals surface area contributed by atoms with Crippen molar-refractivity contribution in [2.75, 3.05) is 5.32 Å². The highest BCUT2D eigenvalue weighted by molar-refractivity contribution is 6.04. The van der Waals surface area contributed by atoms with Crippen molar-refractivity contribution in [1.82, 2.24) is 14.9 Å². The summed E-state index contributed by atoms with van der Waals surface area (Å²) in [4.78, 5) is 22.6. The Kier molecular flexibility index (Phi) is 5.47. The van der Waals surface area contributed by atoms with Gasteiger partial charge >= 0.3 is 12.4 Å². The van der Waals surface area contributed by atoms with Gasteiger partial charge in [0.05, 0.1) is 35.2 Å². The minimum atomic E-state index is -3.23. The number of aryl methyl sites for hydroxylation is 1. The molecule has 1 N–H and O–H groups in total. The number of hydrogen-bond donors (Lipinski definition) is 1. The molecule has 0 unspecified atom stereocenters. The Bertz CT molecular complexity index is 1070. The van der Waals surface area contributed by atoms with E-state index in [0.29, 0.717) is 6.07 Å². The second kappa shape index (κ2) is 8.00. The van der Waals surface area contributed by atoms with Crippen LogP contribution in [0.4, 0.5) is 24.7 Å². The second-order valence-electron chi connectivity index (χ2n) is 5.67. The van der Waals surface area contributed by atoms with E-state index in [1.807, 2.05) is 0 Å². The fourth-order valence-corrected chi connectivity index (χ4v) is 2.43. The highest BCUT2D eigenvalue weighted by atomic mass is 19.3. The first-order chi connectivity index (χ1) is 13.7. The zero-order chi connectivity index (χ0) is 21.1. The molecule has 0 aliphatic rings. The second-order valence-corrected chi connectivity index (χ2v) is 5.67. The molecule has 0 atom stereocenters. The number of carbonyl (C=O) groups is 1. The van der Waals surface area contributed by atoms with Gasteiger partial charge in [0.2, 0.25) is 0 Å². The van der Waals surface area contributed by atoms with Gasteiger partial charge in [0, 0.05) is 6.07 Å². The molecule has 0 saturated carbocycles. The molecule has 0 aliphatic heterocycles. The highest BCUT2D eigenvalue weighted by Crippen LogP contribution is 2.28. The number of halogens is 3. The normalized spacial score (nSPS) is 10.9. The number of rotatable bonds is 7. The number of ether oxygens (including phenoxy) is 1. The molecule has 0 radical (unpaired) electrons. The van der Waals surface area contributed by atoms with Gasteiger partial charge in [-0.3, -0.25) is 4.79 Å². The smallest absolute Gasteiger partial charge is 0.389 e. The predicted octanol–water partition coefficient (Wildman–Crippen LogP) is 3.13. The fourth-order valence-electron chi connectivity index (χ4n) is 2.43. The molecule has 29 heavy (non-hydrogen) atoms. The van der Waals surface area contributed by atoms with Crippen LogP contribution in [0.2, 0.25) is 0 Å². The summed E-state index contributed by atoms with van der Waals surface area (Å²) >= 11 is 0. The Morgan fingerprint density at radius 3 is 2.83 bits per heavy atom. The van der Waals surface area contributed by atoms with Crippen molar-refractivity contribution in [1.29, 1.82) is 0 Å². The maximum absolute atomic E-state index is 13.3. The van der Waals surface area contributed by atoms with Crippen molar-refractivity contribution in [3.8, 4) is 5.75 Å². The van der Waals surface area contributed by atoms with E-state index < -0.39 is 29.0 Å². The van der Waals surface area contributed by atoms with Crippen molar-refractivity contribution in [2.45, 2.75) is 20.1 Å². The fraction of sp³-hybridized carbons (Fsp3) is 0.188.